The summed E-state index contributed by atoms with van der Waals surface area (Å²) in [5.74, 6) is 0.634. The molecule has 7 heteroatoms. The minimum Gasteiger partial charge on any atom is -0.489 e. The molecule has 1 aliphatic rings. The van der Waals surface area contributed by atoms with Gasteiger partial charge in [-0.15, -0.1) is 12.4 Å². The van der Waals surface area contributed by atoms with Crippen LogP contribution < -0.4 is 15.8 Å². The highest BCUT2D eigenvalue weighted by molar-refractivity contribution is 9.10. The minimum atomic E-state index is -0.812. The van der Waals surface area contributed by atoms with Crippen LogP contribution in [0.4, 0.5) is 0 Å². The van der Waals surface area contributed by atoms with E-state index in [1.54, 1.807) is 0 Å². The van der Waals surface area contributed by atoms with Crippen molar-refractivity contribution in [1.29, 1.82) is 0 Å². The number of nitrogens with two attached hydrogens (primary N) is 1. The van der Waals surface area contributed by atoms with Crippen LogP contribution in [0.15, 0.2) is 28.7 Å². The number of carbonyl (C=O) groups excluding carboxylic acids is 1. The maximum atomic E-state index is 12.2. The third-order valence-corrected chi connectivity index (χ3v) is 4.01. The maximum absolute atomic E-state index is 12.2. The summed E-state index contributed by atoms with van der Waals surface area (Å²) in [5.41, 5.74) is 5.31. The lowest BCUT2D eigenvalue weighted by Gasteiger charge is -2.32. The zero-order chi connectivity index (χ0) is 15.3. The fraction of sp³-hybridized carbons (Fsp3) is 0.533. The van der Waals surface area contributed by atoms with Gasteiger partial charge in [0.2, 0.25) is 5.91 Å². The molecule has 0 bridgehead atoms. The topological polar surface area (TPSA) is 73.6 Å². The second-order valence-corrected chi connectivity index (χ2v) is 6.28. The zero-order valence-corrected chi connectivity index (χ0v) is 14.9. The molecule has 1 fully saturated rings. The summed E-state index contributed by atoms with van der Waals surface area (Å²) in [6.45, 7) is 3.40. The molecule has 1 aromatic carbocycles. The highest BCUT2D eigenvalue weighted by Crippen LogP contribution is 2.19. The van der Waals surface area contributed by atoms with E-state index in [2.05, 4.69) is 21.2 Å². The molecule has 1 aromatic rings. The fourth-order valence-corrected chi connectivity index (χ4v) is 2.57. The second kappa shape index (κ2) is 8.72. The van der Waals surface area contributed by atoms with Gasteiger partial charge in [0.15, 0.2) is 0 Å². The molecule has 0 aromatic heterocycles. The van der Waals surface area contributed by atoms with Crippen LogP contribution >= 0.6 is 28.3 Å². The quantitative estimate of drug-likeness (QED) is 0.805. The van der Waals surface area contributed by atoms with Crippen molar-refractivity contribution >= 4 is 34.2 Å². The summed E-state index contributed by atoms with van der Waals surface area (Å²) in [6, 6.07) is 7.61. The lowest BCUT2D eigenvalue weighted by atomic mass is 9.90. The monoisotopic (exact) mass is 392 g/mol. The standard InChI is InChI=1S/C15H21BrN2O3.ClH/c1-11(21-13-4-2-3-12(16)9-13)10-18-14(19)15(17)5-7-20-8-6-15;/h2-4,9,11H,5-8,10,17H2,1H3,(H,18,19);1H. The molecule has 1 heterocycles. The molecule has 1 amide bonds. The molecule has 1 aliphatic heterocycles. The third-order valence-electron chi connectivity index (χ3n) is 3.52. The first-order valence-electron chi connectivity index (χ1n) is 7.07. The SMILES string of the molecule is CC(CNC(=O)C1(N)CCOCC1)Oc1cccc(Br)c1.Cl. The van der Waals surface area contributed by atoms with Crippen molar-refractivity contribution in [2.45, 2.75) is 31.4 Å². The molecule has 0 spiro atoms. The smallest absolute Gasteiger partial charge is 0.240 e. The van der Waals surface area contributed by atoms with Gasteiger partial charge in [0, 0.05) is 17.7 Å². The minimum absolute atomic E-state index is 0. The summed E-state index contributed by atoms with van der Waals surface area (Å²) in [6.07, 6.45) is 0.978. The second-order valence-electron chi connectivity index (χ2n) is 5.36. The van der Waals surface area contributed by atoms with Crippen molar-refractivity contribution in [3.05, 3.63) is 28.7 Å². The number of amides is 1. The Morgan fingerprint density at radius 3 is 2.82 bits per heavy atom. The van der Waals surface area contributed by atoms with Crippen LogP contribution in [0.5, 0.6) is 5.75 Å². The Balaban J connectivity index is 0.00000242. The highest BCUT2D eigenvalue weighted by atomic mass is 79.9. The van der Waals surface area contributed by atoms with Gasteiger partial charge in [0.05, 0.1) is 12.1 Å². The predicted octanol–water partition coefficient (Wildman–Crippen LogP) is 2.26. The van der Waals surface area contributed by atoms with Gasteiger partial charge in [-0.3, -0.25) is 4.79 Å². The molecular formula is C15H22BrClN2O3. The molecular weight excluding hydrogens is 372 g/mol. The number of ether oxygens (including phenoxy) is 2. The lowest BCUT2D eigenvalue weighted by Crippen LogP contribution is -2.57. The van der Waals surface area contributed by atoms with Crippen LogP contribution in [-0.4, -0.2) is 37.3 Å². The molecule has 0 aliphatic carbocycles. The summed E-state index contributed by atoms with van der Waals surface area (Å²) in [4.78, 5) is 12.2. The maximum Gasteiger partial charge on any atom is 0.240 e. The van der Waals surface area contributed by atoms with Gasteiger partial charge in [-0.25, -0.2) is 0 Å². The molecule has 0 radical (unpaired) electrons. The van der Waals surface area contributed by atoms with Gasteiger partial charge in [-0.05, 0) is 38.0 Å². The number of hydrogen-bond acceptors (Lipinski definition) is 4. The fourth-order valence-electron chi connectivity index (χ4n) is 2.19. The van der Waals surface area contributed by atoms with Crippen LogP contribution in [0.3, 0.4) is 0 Å². The van der Waals surface area contributed by atoms with Crippen LogP contribution in [0.1, 0.15) is 19.8 Å². The van der Waals surface area contributed by atoms with Crippen LogP contribution in [0.25, 0.3) is 0 Å². The molecule has 1 unspecified atom stereocenters. The molecule has 1 saturated heterocycles. The molecule has 5 nitrogen and oxygen atoms in total. The average Bonchev–Trinajstić information content (AvgIpc) is 2.45. The van der Waals surface area contributed by atoms with Crippen molar-refractivity contribution in [3.8, 4) is 5.75 Å². The number of benzene rings is 1. The Morgan fingerprint density at radius 2 is 2.18 bits per heavy atom. The normalized spacial score (nSPS) is 18.0. The average molecular weight is 394 g/mol. The first-order chi connectivity index (χ1) is 9.99. The number of rotatable bonds is 5. The van der Waals surface area contributed by atoms with E-state index >= 15 is 0 Å². The molecule has 0 saturated carbocycles. The third kappa shape index (κ3) is 5.43. The van der Waals surface area contributed by atoms with E-state index in [1.165, 1.54) is 0 Å². The van der Waals surface area contributed by atoms with Crippen molar-refractivity contribution < 1.29 is 14.3 Å². The summed E-state index contributed by atoms with van der Waals surface area (Å²) in [5, 5.41) is 2.87. The number of halogens is 2. The van der Waals surface area contributed by atoms with Gasteiger partial charge < -0.3 is 20.5 Å². The zero-order valence-electron chi connectivity index (χ0n) is 12.5. The van der Waals surface area contributed by atoms with Crippen LogP contribution in [0.2, 0.25) is 0 Å². The van der Waals surface area contributed by atoms with E-state index in [0.717, 1.165) is 10.2 Å². The Labute approximate surface area is 145 Å². The highest BCUT2D eigenvalue weighted by Gasteiger charge is 2.35. The lowest BCUT2D eigenvalue weighted by molar-refractivity contribution is -0.130. The van der Waals surface area contributed by atoms with E-state index in [1.807, 2.05) is 31.2 Å². The van der Waals surface area contributed by atoms with Crippen molar-refractivity contribution in [1.82, 2.24) is 5.32 Å². The van der Waals surface area contributed by atoms with E-state index in [9.17, 15) is 4.79 Å². The Kier molecular flexibility index (Phi) is 7.62. The molecule has 124 valence electrons. The Morgan fingerprint density at radius 1 is 1.50 bits per heavy atom. The Bertz CT molecular complexity index is 495. The van der Waals surface area contributed by atoms with Crippen molar-refractivity contribution in [2.75, 3.05) is 19.8 Å². The van der Waals surface area contributed by atoms with E-state index in [-0.39, 0.29) is 24.4 Å². The molecule has 22 heavy (non-hydrogen) atoms. The number of nitrogens with one attached hydrogen (secondary N) is 1. The van der Waals surface area contributed by atoms with Crippen LogP contribution in [0, 0.1) is 0 Å². The van der Waals surface area contributed by atoms with Crippen LogP contribution in [-0.2, 0) is 9.53 Å². The molecule has 2 rings (SSSR count). The largest absolute Gasteiger partial charge is 0.489 e. The van der Waals surface area contributed by atoms with Gasteiger partial charge in [0.25, 0.3) is 0 Å². The van der Waals surface area contributed by atoms with E-state index in [4.69, 9.17) is 15.2 Å². The molecule has 1 atom stereocenters. The van der Waals surface area contributed by atoms with E-state index in [0.29, 0.717) is 32.6 Å². The van der Waals surface area contributed by atoms with Gasteiger partial charge >= 0.3 is 0 Å². The Hall–Kier alpha value is -0.820. The van der Waals surface area contributed by atoms with E-state index < -0.39 is 5.54 Å². The summed E-state index contributed by atoms with van der Waals surface area (Å²) in [7, 11) is 0. The number of carbonyl (C=O) groups is 1. The molecule has 3 N–H and O–H groups in total. The van der Waals surface area contributed by atoms with Crippen molar-refractivity contribution in [2.24, 2.45) is 5.73 Å². The van der Waals surface area contributed by atoms with Gasteiger partial charge in [-0.1, -0.05) is 22.0 Å². The number of hydrogen-bond donors (Lipinski definition) is 2. The van der Waals surface area contributed by atoms with Gasteiger partial charge in [-0.2, -0.15) is 0 Å². The summed E-state index contributed by atoms with van der Waals surface area (Å²) < 4.78 is 12.0. The summed E-state index contributed by atoms with van der Waals surface area (Å²) >= 11 is 3.40. The predicted molar refractivity (Wildman–Crippen MR) is 91.5 cm³/mol. The first kappa shape index (κ1) is 19.2. The van der Waals surface area contributed by atoms with Crippen molar-refractivity contribution in [3.63, 3.8) is 0 Å². The first-order valence-corrected chi connectivity index (χ1v) is 7.86. The van der Waals surface area contributed by atoms with Gasteiger partial charge in [0.1, 0.15) is 11.9 Å².